The predicted octanol–water partition coefficient (Wildman–Crippen LogP) is 25.0. The van der Waals surface area contributed by atoms with Gasteiger partial charge in [0.1, 0.15) is 0 Å². The molecule has 6 aliphatic rings. The molecule has 0 aromatic heterocycles. The highest BCUT2D eigenvalue weighted by molar-refractivity contribution is 9.11. The maximum absolute atomic E-state index is 6.08. The number of fused-ring (bicyclic) bond motifs is 16. The van der Waals surface area contributed by atoms with Gasteiger partial charge in [0.15, 0.2) is 0 Å². The third kappa shape index (κ3) is 21.0. The van der Waals surface area contributed by atoms with Crippen LogP contribution in [0.5, 0.6) is 0 Å². The maximum atomic E-state index is 6.08. The molecule has 4 aliphatic carbocycles. The third-order valence-electron chi connectivity index (χ3n) is 21.9. The largest absolute Gasteiger partial charge is 0.493 e. The fourth-order valence-electron chi connectivity index (χ4n) is 16.9. The molecule has 8 aromatic carbocycles. The Morgan fingerprint density at radius 1 is 0.294 bits per heavy atom. The molecule has 0 amide bonds. The third-order valence-corrected chi connectivity index (χ3v) is 24.8. The van der Waals surface area contributed by atoms with Crippen LogP contribution in [0.2, 0.25) is 0 Å². The van der Waals surface area contributed by atoms with Crippen molar-refractivity contribution >= 4 is 121 Å². The molecule has 0 saturated carbocycles. The van der Waals surface area contributed by atoms with E-state index in [9.17, 15) is 0 Å². The minimum atomic E-state index is -0.337. The Morgan fingerprint density at radius 3 is 0.853 bits per heavy atom. The number of methoxy groups -OCH3 is 2. The SMILES string of the molecule is Brc1ccc2c(c1)C1(c3cc(Br)ccc3-2)c2cc(Br)ccc2-c2ccc(Br)cc21.C.C.C.C.CCCCCCCCC1(CCCCCCCC)c2cc(B3OCCCO3)ccc2-c2ccc(B3OCCCO3)cc21.COCCOCCOCCC1(CCOCCOCCOC)c2cc(Br)ccc2-c2ccc(Br)cc21. The number of unbranched alkanes of at least 4 members (excludes halogenated alkanes) is 10. The molecule has 0 radical (unpaired) electrons. The first-order valence-corrected chi connectivity index (χ1v) is 43.0. The Hall–Kier alpha value is -3.63. The van der Waals surface area contributed by atoms with Gasteiger partial charge in [-0.25, -0.2) is 0 Å². The van der Waals surface area contributed by atoms with Crippen LogP contribution in [-0.4, -0.2) is 121 Å². The highest BCUT2D eigenvalue weighted by Gasteiger charge is 2.53. The Balaban J connectivity index is 0.000000205. The van der Waals surface area contributed by atoms with Crippen LogP contribution >= 0.6 is 95.6 Å². The van der Waals surface area contributed by atoms with Crippen molar-refractivity contribution in [1.82, 2.24) is 0 Å². The lowest BCUT2D eigenvalue weighted by Gasteiger charge is -2.34. The molecular formula is C91H116B2Br6O10. The summed E-state index contributed by atoms with van der Waals surface area (Å²) in [5, 5.41) is 0. The van der Waals surface area contributed by atoms with Gasteiger partial charge in [0, 0.05) is 91.5 Å². The first kappa shape index (κ1) is 90.9. The summed E-state index contributed by atoms with van der Waals surface area (Å²) >= 11 is 22.3. The Labute approximate surface area is 705 Å². The molecule has 1 spiro atoms. The fourth-order valence-corrected chi connectivity index (χ4v) is 19.1. The summed E-state index contributed by atoms with van der Waals surface area (Å²) in [7, 11) is 2.84. The molecule has 2 saturated heterocycles. The van der Waals surface area contributed by atoms with Crippen LogP contribution in [-0.2, 0) is 63.3 Å². The first-order valence-electron chi connectivity index (χ1n) is 38.2. The standard InChI is InChI=1S/C35H52B2O4.C27H36Br2O6.C25H12Br4.4CH4/c1-3-5-7-9-11-13-21-35(22-14-12-10-8-6-4-2)33-27-29(36-38-23-15-24-39-36)17-19-31(33)32-20-18-30(28-34(32)35)37-40-25-16-26-41-37;1-30-11-13-34-17-15-32-9-7-27(8-10-33-16-18-35-14-12-31-2)25-19-21(28)3-5-23(25)24-6-4-22(29)20-26(24)27;26-13-1-5-17-18-6-2-14(27)10-22(18)25(21(17)9-13)23-11-15(28)3-7-19(23)20-8-4-16(29)12-24(20)25;;;;/h17-20,27-28H,3-16,21-26H2,1-2H3;3-6,19-20H,7-18H2,1-2H3;1-12H;4*1H4. The van der Waals surface area contributed by atoms with Gasteiger partial charge in [-0.1, -0.05) is 289 Å². The van der Waals surface area contributed by atoms with Crippen molar-refractivity contribution in [2.75, 3.05) is 107 Å². The second-order valence-electron chi connectivity index (χ2n) is 28.5. The lowest BCUT2D eigenvalue weighted by atomic mass is 9.67. The molecule has 2 fully saturated rings. The van der Waals surface area contributed by atoms with E-state index in [4.69, 9.17) is 47.0 Å². The molecule has 0 bridgehead atoms. The molecule has 0 N–H and O–H groups in total. The van der Waals surface area contributed by atoms with E-state index in [2.05, 4.69) is 255 Å². The van der Waals surface area contributed by atoms with E-state index in [1.165, 1.54) is 190 Å². The van der Waals surface area contributed by atoms with Crippen molar-refractivity contribution in [3.8, 4) is 44.5 Å². The molecule has 10 nitrogen and oxygen atoms in total. The second-order valence-corrected chi connectivity index (χ2v) is 34.0. The summed E-state index contributed by atoms with van der Waals surface area (Å²) in [6, 6.07) is 54.0. The van der Waals surface area contributed by atoms with Gasteiger partial charge >= 0.3 is 14.2 Å². The van der Waals surface area contributed by atoms with E-state index < -0.39 is 0 Å². The molecule has 14 rings (SSSR count). The van der Waals surface area contributed by atoms with Gasteiger partial charge in [-0.05, 0) is 211 Å². The molecule has 109 heavy (non-hydrogen) atoms. The minimum absolute atomic E-state index is 0. The van der Waals surface area contributed by atoms with Crippen molar-refractivity contribution in [3.63, 3.8) is 0 Å². The smallest absolute Gasteiger partial charge is 0.407 e. The first-order chi connectivity index (χ1) is 51.4. The van der Waals surface area contributed by atoms with Crippen molar-refractivity contribution in [1.29, 1.82) is 0 Å². The number of rotatable bonds is 34. The van der Waals surface area contributed by atoms with Crippen molar-refractivity contribution in [2.24, 2.45) is 0 Å². The van der Waals surface area contributed by atoms with Crippen molar-refractivity contribution in [2.45, 2.75) is 175 Å². The van der Waals surface area contributed by atoms with Crippen LogP contribution in [0.3, 0.4) is 0 Å². The van der Waals surface area contributed by atoms with Gasteiger partial charge in [0.05, 0.1) is 58.3 Å². The van der Waals surface area contributed by atoms with Gasteiger partial charge in [0.2, 0.25) is 0 Å². The quantitative estimate of drug-likeness (QED) is 0.0287. The van der Waals surface area contributed by atoms with E-state index in [-0.39, 0.29) is 60.2 Å². The van der Waals surface area contributed by atoms with E-state index in [0.29, 0.717) is 66.1 Å². The topological polar surface area (TPSA) is 92.3 Å². The summed E-state index contributed by atoms with van der Waals surface area (Å²) in [5.74, 6) is 0. The van der Waals surface area contributed by atoms with Crippen LogP contribution < -0.4 is 10.9 Å². The summed E-state index contributed by atoms with van der Waals surface area (Å²) in [6.45, 7) is 13.6. The van der Waals surface area contributed by atoms with Crippen molar-refractivity contribution in [3.05, 3.63) is 217 Å². The zero-order valence-electron chi connectivity index (χ0n) is 61.5. The normalized spacial score (nSPS) is 15.0. The monoisotopic (exact) mass is 1860 g/mol. The van der Waals surface area contributed by atoms with Gasteiger partial charge < -0.3 is 47.0 Å². The maximum Gasteiger partial charge on any atom is 0.493 e. The number of halogens is 6. The Morgan fingerprint density at radius 2 is 0.541 bits per heavy atom. The second kappa shape index (κ2) is 44.5. The van der Waals surface area contributed by atoms with Crippen LogP contribution in [0, 0.1) is 0 Å². The molecule has 8 aromatic rings. The molecule has 18 heteroatoms. The zero-order chi connectivity index (χ0) is 73.2. The van der Waals surface area contributed by atoms with E-state index in [1.54, 1.807) is 14.2 Å². The molecule has 588 valence electrons. The number of hydrogen-bond acceptors (Lipinski definition) is 10. The number of benzene rings is 8. The van der Waals surface area contributed by atoms with Crippen LogP contribution in [0.25, 0.3) is 44.5 Å². The lowest BCUT2D eigenvalue weighted by molar-refractivity contribution is 0.0145. The van der Waals surface area contributed by atoms with Gasteiger partial charge in [-0.15, -0.1) is 0 Å². The van der Waals surface area contributed by atoms with Gasteiger partial charge in [0.25, 0.3) is 0 Å². The predicted molar refractivity (Wildman–Crippen MR) is 477 cm³/mol. The van der Waals surface area contributed by atoms with Gasteiger partial charge in [-0.3, -0.25) is 0 Å². The van der Waals surface area contributed by atoms with Crippen LogP contribution in [0.1, 0.15) is 204 Å². The molecule has 2 aliphatic heterocycles. The van der Waals surface area contributed by atoms with Crippen LogP contribution in [0.4, 0.5) is 0 Å². The molecule has 0 atom stereocenters. The Kier molecular flexibility index (Phi) is 37.1. The summed E-state index contributed by atoms with van der Waals surface area (Å²) in [6.07, 6.45) is 21.9. The average molecular weight is 1870 g/mol. The minimum Gasteiger partial charge on any atom is -0.407 e. The Bertz CT molecular complexity index is 3810. The summed E-state index contributed by atoms with van der Waals surface area (Å²) in [5.41, 5.74) is 23.3. The van der Waals surface area contributed by atoms with Crippen LogP contribution in [0.15, 0.2) is 172 Å². The average Bonchev–Trinajstić information content (AvgIpc) is 1.50. The summed E-state index contributed by atoms with van der Waals surface area (Å²) in [4.78, 5) is 0. The van der Waals surface area contributed by atoms with E-state index >= 15 is 0 Å². The summed E-state index contributed by atoms with van der Waals surface area (Å²) < 4.78 is 64.0. The number of ether oxygens (including phenoxy) is 6. The number of hydrogen-bond donors (Lipinski definition) is 0. The van der Waals surface area contributed by atoms with Gasteiger partial charge in [-0.2, -0.15) is 0 Å². The van der Waals surface area contributed by atoms with Crippen molar-refractivity contribution < 1.29 is 47.0 Å². The van der Waals surface area contributed by atoms with E-state index in [0.717, 1.165) is 78.9 Å². The lowest BCUT2D eigenvalue weighted by Crippen LogP contribution is -2.42. The van der Waals surface area contributed by atoms with E-state index in [1.807, 2.05) is 0 Å². The molecule has 0 unspecified atom stereocenters. The molecule has 2 heterocycles. The molecular weight excluding hydrogens is 1750 g/mol. The highest BCUT2D eigenvalue weighted by Crippen LogP contribution is 2.64. The zero-order valence-corrected chi connectivity index (χ0v) is 71.0. The highest BCUT2D eigenvalue weighted by atomic mass is 79.9. The fraction of sp³-hybridized carbons (Fsp3) is 0.473.